The number of hydrogen-bond acceptors (Lipinski definition) is 6. The van der Waals surface area contributed by atoms with E-state index < -0.39 is 11.9 Å². The quantitative estimate of drug-likeness (QED) is 0.738. The summed E-state index contributed by atoms with van der Waals surface area (Å²) in [5.41, 5.74) is 5.29. The number of nitrogens with zero attached hydrogens (tertiary/aromatic N) is 3. The molecule has 21 heavy (non-hydrogen) atoms. The predicted molar refractivity (Wildman–Crippen MR) is 70.8 cm³/mol. The van der Waals surface area contributed by atoms with E-state index >= 15 is 0 Å². The van der Waals surface area contributed by atoms with Crippen molar-refractivity contribution in [3.05, 3.63) is 24.3 Å². The molecule has 2 heterocycles. The Morgan fingerprint density at radius 3 is 2.86 bits per heavy atom. The van der Waals surface area contributed by atoms with Crippen LogP contribution in [0, 0.1) is 5.92 Å². The van der Waals surface area contributed by atoms with Gasteiger partial charge in [-0.15, -0.1) is 0 Å². The normalized spacial score (nSPS) is 18.1. The second-order valence-corrected chi connectivity index (χ2v) is 4.75. The van der Waals surface area contributed by atoms with Crippen molar-refractivity contribution in [1.29, 1.82) is 0 Å². The Morgan fingerprint density at radius 1 is 1.38 bits per heavy atom. The molecular weight excluding hydrogens is 276 g/mol. The molecular formula is C13H16N4O4. The molecule has 8 heteroatoms. The first-order valence-electron chi connectivity index (χ1n) is 6.58. The van der Waals surface area contributed by atoms with Crippen molar-refractivity contribution in [1.82, 2.24) is 14.9 Å². The van der Waals surface area contributed by atoms with Crippen molar-refractivity contribution in [2.75, 3.05) is 19.7 Å². The van der Waals surface area contributed by atoms with Crippen LogP contribution in [0.3, 0.4) is 0 Å². The highest BCUT2D eigenvalue weighted by Gasteiger charge is 2.27. The topological polar surface area (TPSA) is 115 Å². The molecule has 2 N–H and O–H groups in total. The molecule has 1 aromatic heterocycles. The van der Waals surface area contributed by atoms with Crippen LogP contribution in [0.1, 0.15) is 23.3 Å². The average molecular weight is 292 g/mol. The lowest BCUT2D eigenvalue weighted by Crippen LogP contribution is -2.45. The van der Waals surface area contributed by atoms with Crippen LogP contribution in [0.2, 0.25) is 0 Å². The highest BCUT2D eigenvalue weighted by molar-refractivity contribution is 5.89. The van der Waals surface area contributed by atoms with E-state index in [4.69, 9.17) is 10.5 Å². The van der Waals surface area contributed by atoms with Gasteiger partial charge in [0.15, 0.2) is 12.3 Å². The molecule has 0 saturated carbocycles. The van der Waals surface area contributed by atoms with Crippen molar-refractivity contribution in [2.24, 2.45) is 11.7 Å². The average Bonchev–Trinajstić information content (AvgIpc) is 2.53. The van der Waals surface area contributed by atoms with Gasteiger partial charge in [0.2, 0.25) is 5.91 Å². The maximum atomic E-state index is 12.0. The molecule has 0 aliphatic carbocycles. The van der Waals surface area contributed by atoms with E-state index in [0.717, 1.165) is 0 Å². The highest BCUT2D eigenvalue weighted by Crippen LogP contribution is 2.16. The molecule has 1 saturated heterocycles. The molecule has 0 unspecified atom stereocenters. The first-order chi connectivity index (χ1) is 10.1. The predicted octanol–water partition coefficient (Wildman–Crippen LogP) is -0.643. The van der Waals surface area contributed by atoms with Gasteiger partial charge in [-0.2, -0.15) is 0 Å². The minimum absolute atomic E-state index is 0.0407. The van der Waals surface area contributed by atoms with E-state index in [-0.39, 0.29) is 30.7 Å². The molecule has 2 rings (SSSR count). The number of esters is 1. The number of aromatic nitrogens is 2. The molecule has 1 atom stereocenters. The van der Waals surface area contributed by atoms with Gasteiger partial charge >= 0.3 is 5.97 Å². The zero-order valence-corrected chi connectivity index (χ0v) is 11.4. The van der Waals surface area contributed by atoms with Gasteiger partial charge in [0.25, 0.3) is 5.91 Å². The summed E-state index contributed by atoms with van der Waals surface area (Å²) in [6.45, 7) is 0.420. The Labute approximate surface area is 121 Å². The summed E-state index contributed by atoms with van der Waals surface area (Å²) >= 11 is 0. The minimum atomic E-state index is -0.708. The smallest absolute Gasteiger partial charge is 0.359 e. The first-order valence-corrected chi connectivity index (χ1v) is 6.58. The van der Waals surface area contributed by atoms with Crippen molar-refractivity contribution >= 4 is 17.8 Å². The number of carbonyl (C=O) groups is 3. The van der Waals surface area contributed by atoms with Crippen LogP contribution in [0.25, 0.3) is 0 Å². The Hall–Kier alpha value is -2.51. The molecule has 112 valence electrons. The zero-order chi connectivity index (χ0) is 15.2. The number of hydrogen-bond donors (Lipinski definition) is 1. The number of piperidine rings is 1. The molecule has 1 aliphatic rings. The van der Waals surface area contributed by atoms with E-state index in [1.54, 1.807) is 0 Å². The van der Waals surface area contributed by atoms with Crippen LogP contribution in [-0.2, 0) is 14.3 Å². The van der Waals surface area contributed by atoms with Crippen molar-refractivity contribution in [3.63, 3.8) is 0 Å². The molecule has 8 nitrogen and oxygen atoms in total. The summed E-state index contributed by atoms with van der Waals surface area (Å²) in [6.07, 6.45) is 5.44. The Balaban J connectivity index is 1.84. The third kappa shape index (κ3) is 3.98. The standard InChI is InChI=1S/C13H16N4O4/c14-12(19)9-2-1-5-17(7-9)11(18)8-21-13(20)10-6-15-3-4-16-10/h3-4,6,9H,1-2,5,7-8H2,(H2,14,19)/t9-/m0/s1. The first kappa shape index (κ1) is 14.9. The number of nitrogens with two attached hydrogens (primary N) is 1. The Morgan fingerprint density at radius 2 is 2.19 bits per heavy atom. The fraction of sp³-hybridized carbons (Fsp3) is 0.462. The van der Waals surface area contributed by atoms with Gasteiger partial charge in [0.1, 0.15) is 0 Å². The van der Waals surface area contributed by atoms with Gasteiger partial charge in [0.05, 0.1) is 12.1 Å². The molecule has 0 spiro atoms. The summed E-state index contributed by atoms with van der Waals surface area (Å²) < 4.78 is 4.89. The van der Waals surface area contributed by atoms with Gasteiger partial charge in [-0.1, -0.05) is 0 Å². The maximum absolute atomic E-state index is 12.0. The molecule has 2 amide bonds. The summed E-state index contributed by atoms with van der Waals surface area (Å²) in [5, 5.41) is 0. The van der Waals surface area contributed by atoms with E-state index in [1.807, 2.05) is 0 Å². The minimum Gasteiger partial charge on any atom is -0.451 e. The van der Waals surface area contributed by atoms with Gasteiger partial charge < -0.3 is 15.4 Å². The summed E-state index contributed by atoms with van der Waals surface area (Å²) in [4.78, 5) is 43.8. The van der Waals surface area contributed by atoms with Crippen LogP contribution in [0.5, 0.6) is 0 Å². The van der Waals surface area contributed by atoms with Crippen molar-refractivity contribution in [3.8, 4) is 0 Å². The monoisotopic (exact) mass is 292 g/mol. The lowest BCUT2D eigenvalue weighted by molar-refractivity contribution is -0.137. The van der Waals surface area contributed by atoms with Crippen LogP contribution in [0.15, 0.2) is 18.6 Å². The third-order valence-corrected chi connectivity index (χ3v) is 3.28. The third-order valence-electron chi connectivity index (χ3n) is 3.28. The molecule has 1 fully saturated rings. The number of ether oxygens (including phenoxy) is 1. The van der Waals surface area contributed by atoms with Crippen LogP contribution < -0.4 is 5.73 Å². The Bertz CT molecular complexity index is 534. The lowest BCUT2D eigenvalue weighted by Gasteiger charge is -2.30. The summed E-state index contributed by atoms with van der Waals surface area (Å²) in [7, 11) is 0. The second kappa shape index (κ2) is 6.78. The van der Waals surface area contributed by atoms with Gasteiger partial charge in [-0.25, -0.2) is 9.78 Å². The molecule has 1 aromatic rings. The fourth-order valence-electron chi connectivity index (χ4n) is 2.13. The van der Waals surface area contributed by atoms with Crippen molar-refractivity contribution < 1.29 is 19.1 Å². The molecule has 0 aromatic carbocycles. The van der Waals surface area contributed by atoms with E-state index in [0.29, 0.717) is 19.4 Å². The number of rotatable bonds is 4. The van der Waals surface area contributed by atoms with E-state index in [1.165, 1.54) is 23.5 Å². The molecule has 1 aliphatic heterocycles. The number of carbonyl (C=O) groups excluding carboxylic acids is 3. The molecule has 0 radical (unpaired) electrons. The van der Waals surface area contributed by atoms with Gasteiger partial charge in [-0.3, -0.25) is 14.6 Å². The largest absolute Gasteiger partial charge is 0.451 e. The van der Waals surface area contributed by atoms with Gasteiger partial charge in [0, 0.05) is 25.5 Å². The second-order valence-electron chi connectivity index (χ2n) is 4.75. The van der Waals surface area contributed by atoms with E-state index in [9.17, 15) is 14.4 Å². The van der Waals surface area contributed by atoms with Crippen molar-refractivity contribution in [2.45, 2.75) is 12.8 Å². The highest BCUT2D eigenvalue weighted by atomic mass is 16.5. The summed E-state index contributed by atoms with van der Waals surface area (Å²) in [6, 6.07) is 0. The van der Waals surface area contributed by atoms with Crippen LogP contribution in [0.4, 0.5) is 0 Å². The maximum Gasteiger partial charge on any atom is 0.359 e. The zero-order valence-electron chi connectivity index (χ0n) is 11.4. The number of likely N-dealkylation sites (tertiary alicyclic amines) is 1. The molecule has 0 bridgehead atoms. The lowest BCUT2D eigenvalue weighted by atomic mass is 9.97. The summed E-state index contributed by atoms with van der Waals surface area (Å²) in [5.74, 6) is -1.81. The SMILES string of the molecule is NC(=O)[C@H]1CCCN(C(=O)COC(=O)c2cnccn2)C1. The number of primary amides is 1. The van der Waals surface area contributed by atoms with Gasteiger partial charge in [-0.05, 0) is 12.8 Å². The Kier molecular flexibility index (Phi) is 4.81. The van der Waals surface area contributed by atoms with E-state index in [2.05, 4.69) is 9.97 Å². The van der Waals surface area contributed by atoms with Crippen LogP contribution >= 0.6 is 0 Å². The fourth-order valence-corrected chi connectivity index (χ4v) is 2.13. The number of amides is 2. The van der Waals surface area contributed by atoms with Crippen LogP contribution in [-0.4, -0.2) is 52.3 Å².